The first-order chi connectivity index (χ1) is 5.49. The molecule has 69 valence electrons. The number of aliphatic carboxylic acids is 1. The van der Waals surface area contributed by atoms with E-state index in [-0.39, 0.29) is 18.5 Å². The Bertz CT molecular complexity index is 168. The van der Waals surface area contributed by atoms with Crippen LogP contribution in [-0.4, -0.2) is 34.5 Å². The maximum absolute atomic E-state index is 10.4. The number of carboxylic acid groups (broad SMARTS) is 1. The maximum atomic E-state index is 10.4. The van der Waals surface area contributed by atoms with Gasteiger partial charge < -0.3 is 10.0 Å². The summed E-state index contributed by atoms with van der Waals surface area (Å²) in [6.07, 6.45) is 1.69. The number of hydrogen-bond donors (Lipinski definition) is 1. The molecular weight excluding hydrogens is 158 g/mol. The molecule has 0 rings (SSSR count). The molecule has 1 unspecified atom stereocenters. The third kappa shape index (κ3) is 3.37. The Labute approximate surface area is 72.2 Å². The summed E-state index contributed by atoms with van der Waals surface area (Å²) >= 11 is 0. The van der Waals surface area contributed by atoms with Crippen LogP contribution in [0.15, 0.2) is 0 Å². The number of rotatable bonds is 5. The van der Waals surface area contributed by atoms with Crippen LogP contribution in [0.1, 0.15) is 27.2 Å². The van der Waals surface area contributed by atoms with E-state index in [1.165, 1.54) is 4.90 Å². The van der Waals surface area contributed by atoms with Crippen molar-refractivity contribution in [2.45, 2.75) is 39.3 Å². The largest absolute Gasteiger partial charge is 0.481 e. The Morgan fingerprint density at radius 2 is 2.00 bits per heavy atom. The zero-order chi connectivity index (χ0) is 9.72. The van der Waals surface area contributed by atoms with Crippen LogP contribution < -0.4 is 0 Å². The fourth-order valence-electron chi connectivity index (χ4n) is 1.06. The molecule has 1 amide bonds. The first kappa shape index (κ1) is 10.9. The van der Waals surface area contributed by atoms with E-state index in [0.29, 0.717) is 0 Å². The average molecular weight is 172 g/mol. The molecule has 0 heterocycles. The third-order valence-electron chi connectivity index (χ3n) is 1.61. The molecule has 1 radical (unpaired) electrons. The number of carbonyl (C=O) groups excluding carboxylic acids is 1. The summed E-state index contributed by atoms with van der Waals surface area (Å²) in [4.78, 5) is 22.0. The highest BCUT2D eigenvalue weighted by Crippen LogP contribution is 2.05. The van der Waals surface area contributed by atoms with E-state index < -0.39 is 5.97 Å². The van der Waals surface area contributed by atoms with Gasteiger partial charge in [0.2, 0.25) is 0 Å². The predicted octanol–water partition coefficient (Wildman–Crippen LogP) is 0.627. The third-order valence-corrected chi connectivity index (χ3v) is 1.61. The molecule has 0 fully saturated rings. The highest BCUT2D eigenvalue weighted by molar-refractivity contribution is 5.68. The van der Waals surface area contributed by atoms with Crippen molar-refractivity contribution in [1.82, 2.24) is 4.90 Å². The SMILES string of the molecule is CC(C)N([C]=O)C(C)CC(=O)O. The topological polar surface area (TPSA) is 57.6 Å². The average Bonchev–Trinajstić information content (AvgIpc) is 1.85. The van der Waals surface area contributed by atoms with Crippen LogP contribution in [0.5, 0.6) is 0 Å². The quantitative estimate of drug-likeness (QED) is 0.619. The van der Waals surface area contributed by atoms with Crippen LogP contribution in [-0.2, 0) is 9.59 Å². The van der Waals surface area contributed by atoms with E-state index in [1.54, 1.807) is 13.3 Å². The molecule has 0 aliphatic heterocycles. The molecule has 1 atom stereocenters. The zero-order valence-electron chi connectivity index (χ0n) is 7.57. The lowest BCUT2D eigenvalue weighted by Crippen LogP contribution is -2.38. The molecule has 4 heteroatoms. The Morgan fingerprint density at radius 3 is 2.25 bits per heavy atom. The van der Waals surface area contributed by atoms with Gasteiger partial charge in [-0.15, -0.1) is 0 Å². The minimum absolute atomic E-state index is 0.00292. The molecule has 0 aromatic rings. The summed E-state index contributed by atoms with van der Waals surface area (Å²) in [5.74, 6) is -0.900. The first-order valence-electron chi connectivity index (χ1n) is 3.87. The summed E-state index contributed by atoms with van der Waals surface area (Å²) in [5, 5.41) is 8.45. The van der Waals surface area contributed by atoms with Crippen LogP contribution >= 0.6 is 0 Å². The van der Waals surface area contributed by atoms with E-state index in [1.807, 2.05) is 13.8 Å². The van der Waals surface area contributed by atoms with Gasteiger partial charge in [-0.05, 0) is 20.8 Å². The van der Waals surface area contributed by atoms with Crippen molar-refractivity contribution in [2.75, 3.05) is 0 Å². The summed E-state index contributed by atoms with van der Waals surface area (Å²) < 4.78 is 0. The van der Waals surface area contributed by atoms with Crippen molar-refractivity contribution in [3.05, 3.63) is 0 Å². The molecule has 0 spiro atoms. The summed E-state index contributed by atoms with van der Waals surface area (Å²) in [6, 6.07) is -0.295. The normalized spacial score (nSPS) is 12.7. The Morgan fingerprint density at radius 1 is 1.50 bits per heavy atom. The van der Waals surface area contributed by atoms with Gasteiger partial charge in [0, 0.05) is 12.1 Å². The Balaban J connectivity index is 4.11. The second kappa shape index (κ2) is 4.74. The Kier molecular flexibility index (Phi) is 4.33. The van der Waals surface area contributed by atoms with Gasteiger partial charge in [-0.25, -0.2) is 0 Å². The fourth-order valence-corrected chi connectivity index (χ4v) is 1.06. The van der Waals surface area contributed by atoms with Crippen molar-refractivity contribution in [2.24, 2.45) is 0 Å². The van der Waals surface area contributed by atoms with Crippen LogP contribution in [0.25, 0.3) is 0 Å². The van der Waals surface area contributed by atoms with Crippen molar-refractivity contribution >= 4 is 12.4 Å². The van der Waals surface area contributed by atoms with Crippen molar-refractivity contribution in [3.8, 4) is 0 Å². The highest BCUT2D eigenvalue weighted by Gasteiger charge is 2.18. The number of nitrogens with zero attached hydrogens (tertiary/aromatic N) is 1. The summed E-state index contributed by atoms with van der Waals surface area (Å²) in [6.45, 7) is 5.34. The number of carboxylic acids is 1. The van der Waals surface area contributed by atoms with Gasteiger partial charge in [-0.2, -0.15) is 0 Å². The number of hydrogen-bond acceptors (Lipinski definition) is 2. The van der Waals surface area contributed by atoms with Gasteiger partial charge in [-0.3, -0.25) is 9.59 Å². The standard InChI is InChI=1S/C8H14NO3/c1-6(2)9(5-10)7(3)4-8(11)12/h6-7H,4H2,1-3H3,(H,11,12). The van der Waals surface area contributed by atoms with Crippen molar-refractivity contribution in [1.29, 1.82) is 0 Å². The minimum Gasteiger partial charge on any atom is -0.481 e. The van der Waals surface area contributed by atoms with Crippen LogP contribution in [0.4, 0.5) is 0 Å². The van der Waals surface area contributed by atoms with E-state index in [9.17, 15) is 9.59 Å². The molecule has 0 aliphatic carbocycles. The van der Waals surface area contributed by atoms with E-state index >= 15 is 0 Å². The number of carbonyl (C=O) groups is 1. The van der Waals surface area contributed by atoms with Gasteiger partial charge in [0.25, 0.3) is 0 Å². The number of amides is 1. The van der Waals surface area contributed by atoms with E-state index in [2.05, 4.69) is 0 Å². The molecule has 0 aromatic carbocycles. The summed E-state index contributed by atoms with van der Waals surface area (Å²) in [5.41, 5.74) is 0. The van der Waals surface area contributed by atoms with Crippen LogP contribution in [0, 0.1) is 0 Å². The molecule has 12 heavy (non-hydrogen) atoms. The molecule has 0 aromatic heterocycles. The lowest BCUT2D eigenvalue weighted by molar-refractivity contribution is -0.138. The maximum Gasteiger partial charge on any atom is 0.312 e. The second-order valence-electron chi connectivity index (χ2n) is 3.04. The van der Waals surface area contributed by atoms with E-state index in [0.717, 1.165) is 0 Å². The van der Waals surface area contributed by atoms with Gasteiger partial charge >= 0.3 is 12.4 Å². The molecule has 0 saturated carbocycles. The highest BCUT2D eigenvalue weighted by atomic mass is 16.4. The predicted molar refractivity (Wildman–Crippen MR) is 44.4 cm³/mol. The minimum atomic E-state index is -0.900. The van der Waals surface area contributed by atoms with Gasteiger partial charge in [-0.1, -0.05) is 0 Å². The molecule has 4 nitrogen and oxygen atoms in total. The van der Waals surface area contributed by atoms with Crippen LogP contribution in [0.2, 0.25) is 0 Å². The smallest absolute Gasteiger partial charge is 0.312 e. The van der Waals surface area contributed by atoms with Gasteiger partial charge in [0.05, 0.1) is 6.42 Å². The zero-order valence-corrected chi connectivity index (χ0v) is 7.57. The summed E-state index contributed by atoms with van der Waals surface area (Å²) in [7, 11) is 0. The monoisotopic (exact) mass is 172 g/mol. The fraction of sp³-hybridized carbons (Fsp3) is 0.750. The van der Waals surface area contributed by atoms with Crippen molar-refractivity contribution in [3.63, 3.8) is 0 Å². The molecule has 1 N–H and O–H groups in total. The second-order valence-corrected chi connectivity index (χ2v) is 3.04. The lowest BCUT2D eigenvalue weighted by atomic mass is 10.2. The lowest BCUT2D eigenvalue weighted by Gasteiger charge is -2.26. The molecular formula is C8H14NO3. The van der Waals surface area contributed by atoms with Gasteiger partial charge in [0.1, 0.15) is 0 Å². The van der Waals surface area contributed by atoms with E-state index in [4.69, 9.17) is 5.11 Å². The van der Waals surface area contributed by atoms with Gasteiger partial charge in [0.15, 0.2) is 0 Å². The molecule has 0 saturated heterocycles. The molecule has 0 bridgehead atoms. The molecule has 0 aliphatic rings. The van der Waals surface area contributed by atoms with Crippen molar-refractivity contribution < 1.29 is 14.7 Å². The van der Waals surface area contributed by atoms with Crippen LogP contribution in [0.3, 0.4) is 0 Å². The first-order valence-corrected chi connectivity index (χ1v) is 3.87. The Hall–Kier alpha value is -1.06.